The zero-order valence-corrected chi connectivity index (χ0v) is 18.5. The lowest BCUT2D eigenvalue weighted by Gasteiger charge is -2.16. The second-order valence-electron chi connectivity index (χ2n) is 8.63. The maximum absolute atomic E-state index is 13.1. The first-order valence-electron chi connectivity index (χ1n) is 11.2. The Balaban J connectivity index is 1.35. The molecule has 33 heavy (non-hydrogen) atoms. The summed E-state index contributed by atoms with van der Waals surface area (Å²) >= 11 is 0. The molecule has 3 aromatic carbocycles. The highest BCUT2D eigenvalue weighted by Gasteiger charge is 2.37. The van der Waals surface area contributed by atoms with Crippen LogP contribution in [0.3, 0.4) is 0 Å². The van der Waals surface area contributed by atoms with Crippen LogP contribution in [0.2, 0.25) is 0 Å². The van der Waals surface area contributed by atoms with Gasteiger partial charge in [0.25, 0.3) is 17.7 Å². The predicted molar refractivity (Wildman–Crippen MR) is 128 cm³/mol. The van der Waals surface area contributed by atoms with E-state index in [0.717, 1.165) is 30.8 Å². The number of rotatable bonds is 5. The second kappa shape index (κ2) is 8.64. The minimum atomic E-state index is -0.411. The van der Waals surface area contributed by atoms with Gasteiger partial charge in [0.15, 0.2) is 0 Å². The normalized spacial score (nSPS) is 15.7. The minimum Gasteiger partial charge on any atom is -0.322 e. The number of likely N-dealkylation sites (tertiary alicyclic amines) is 1. The van der Waals surface area contributed by atoms with E-state index in [-0.39, 0.29) is 17.4 Å². The number of anilines is 2. The van der Waals surface area contributed by atoms with Crippen LogP contribution in [-0.4, -0.2) is 35.7 Å². The Kier molecular flexibility index (Phi) is 5.52. The molecule has 0 radical (unpaired) electrons. The number of aryl methyl sites for hydroxylation is 1. The molecule has 0 spiro atoms. The van der Waals surface area contributed by atoms with Crippen molar-refractivity contribution in [2.24, 2.45) is 0 Å². The van der Waals surface area contributed by atoms with Gasteiger partial charge in [0.2, 0.25) is 0 Å². The number of fused-ring (bicyclic) bond motifs is 1. The largest absolute Gasteiger partial charge is 0.322 e. The van der Waals surface area contributed by atoms with E-state index in [4.69, 9.17) is 0 Å². The summed E-state index contributed by atoms with van der Waals surface area (Å²) in [6.45, 7) is 4.94. The SMILES string of the molecule is Cc1ccccc1N1C(=O)c2ccc(C(=O)Nc3cccc(CN4CCCC4)c3)cc2C1=O. The first kappa shape index (κ1) is 21.1. The highest BCUT2D eigenvalue weighted by Crippen LogP contribution is 2.31. The first-order chi connectivity index (χ1) is 16.0. The van der Waals surface area contributed by atoms with E-state index in [1.807, 2.05) is 37.3 Å². The van der Waals surface area contributed by atoms with Gasteiger partial charge in [-0.1, -0.05) is 30.3 Å². The van der Waals surface area contributed by atoms with Gasteiger partial charge >= 0.3 is 0 Å². The predicted octanol–water partition coefficient (Wildman–Crippen LogP) is 4.64. The molecule has 0 bridgehead atoms. The van der Waals surface area contributed by atoms with Crippen LogP contribution < -0.4 is 10.2 Å². The third kappa shape index (κ3) is 4.05. The van der Waals surface area contributed by atoms with Gasteiger partial charge in [-0.05, 0) is 80.4 Å². The van der Waals surface area contributed by atoms with Crippen LogP contribution >= 0.6 is 0 Å². The zero-order chi connectivity index (χ0) is 22.9. The van der Waals surface area contributed by atoms with Crippen molar-refractivity contribution in [1.82, 2.24) is 4.90 Å². The van der Waals surface area contributed by atoms with Gasteiger partial charge in [0.05, 0.1) is 16.8 Å². The summed E-state index contributed by atoms with van der Waals surface area (Å²) in [6, 6.07) is 19.8. The zero-order valence-electron chi connectivity index (χ0n) is 18.5. The van der Waals surface area contributed by atoms with Gasteiger partial charge < -0.3 is 5.32 Å². The number of carbonyl (C=O) groups excluding carboxylic acids is 3. The standard InChI is InChI=1S/C27H25N3O3/c1-18-7-2-3-10-24(18)30-26(32)22-12-11-20(16-23(22)27(30)33)25(31)28-21-9-6-8-19(15-21)17-29-13-4-5-14-29/h2-3,6-12,15-16H,4-5,13-14,17H2,1H3,(H,28,31). The topological polar surface area (TPSA) is 69.7 Å². The van der Waals surface area contributed by atoms with Gasteiger partial charge in [0, 0.05) is 17.8 Å². The van der Waals surface area contributed by atoms with Crippen molar-refractivity contribution in [3.05, 3.63) is 94.5 Å². The van der Waals surface area contributed by atoms with Crippen molar-refractivity contribution < 1.29 is 14.4 Å². The van der Waals surface area contributed by atoms with E-state index < -0.39 is 5.91 Å². The van der Waals surface area contributed by atoms with Gasteiger partial charge in [-0.2, -0.15) is 0 Å². The monoisotopic (exact) mass is 439 g/mol. The average molecular weight is 440 g/mol. The van der Waals surface area contributed by atoms with Crippen LogP contribution in [-0.2, 0) is 6.54 Å². The molecule has 0 saturated carbocycles. The summed E-state index contributed by atoms with van der Waals surface area (Å²) in [5.74, 6) is -1.09. The van der Waals surface area contributed by atoms with Crippen LogP contribution in [0, 0.1) is 6.92 Å². The van der Waals surface area contributed by atoms with Crippen LogP contribution in [0.4, 0.5) is 11.4 Å². The Hall–Kier alpha value is -3.77. The molecule has 3 aromatic rings. The van der Waals surface area contributed by atoms with Crippen molar-refractivity contribution >= 4 is 29.1 Å². The van der Waals surface area contributed by atoms with E-state index in [2.05, 4.69) is 16.3 Å². The van der Waals surface area contributed by atoms with E-state index in [1.54, 1.807) is 24.3 Å². The van der Waals surface area contributed by atoms with Crippen molar-refractivity contribution in [2.75, 3.05) is 23.3 Å². The number of amides is 3. The third-order valence-corrected chi connectivity index (χ3v) is 6.29. The fraction of sp³-hybridized carbons (Fsp3) is 0.222. The molecule has 1 fully saturated rings. The summed E-state index contributed by atoms with van der Waals surface area (Å²) in [5.41, 5.74) is 4.15. The van der Waals surface area contributed by atoms with Gasteiger partial charge in [-0.3, -0.25) is 19.3 Å². The lowest BCUT2D eigenvalue weighted by Crippen LogP contribution is -2.29. The number of carbonyl (C=O) groups is 3. The molecule has 2 heterocycles. The van der Waals surface area contributed by atoms with Crippen molar-refractivity contribution in [1.29, 1.82) is 0 Å². The fourth-order valence-corrected chi connectivity index (χ4v) is 4.56. The summed E-state index contributed by atoms with van der Waals surface area (Å²) < 4.78 is 0. The molecule has 6 nitrogen and oxygen atoms in total. The van der Waals surface area contributed by atoms with Crippen LogP contribution in [0.1, 0.15) is 55.0 Å². The quantitative estimate of drug-likeness (QED) is 0.588. The number of hydrogen-bond donors (Lipinski definition) is 1. The molecule has 1 N–H and O–H groups in total. The van der Waals surface area contributed by atoms with Gasteiger partial charge in [-0.25, -0.2) is 4.90 Å². The fourth-order valence-electron chi connectivity index (χ4n) is 4.56. The van der Waals surface area contributed by atoms with Crippen molar-refractivity contribution in [2.45, 2.75) is 26.3 Å². The maximum atomic E-state index is 13.1. The lowest BCUT2D eigenvalue weighted by molar-refractivity contribution is 0.0925. The minimum absolute atomic E-state index is 0.249. The highest BCUT2D eigenvalue weighted by atomic mass is 16.2. The molecule has 6 heteroatoms. The molecule has 166 valence electrons. The second-order valence-corrected chi connectivity index (χ2v) is 8.63. The lowest BCUT2D eigenvalue weighted by atomic mass is 10.1. The smallest absolute Gasteiger partial charge is 0.266 e. The third-order valence-electron chi connectivity index (χ3n) is 6.29. The summed E-state index contributed by atoms with van der Waals surface area (Å²) in [6.07, 6.45) is 2.47. The molecule has 2 aliphatic heterocycles. The Bertz CT molecular complexity index is 1260. The summed E-state index contributed by atoms with van der Waals surface area (Å²) in [7, 11) is 0. The number of hydrogen-bond acceptors (Lipinski definition) is 4. The van der Waals surface area contributed by atoms with Crippen LogP contribution in [0.5, 0.6) is 0 Å². The molecular formula is C27H25N3O3. The number of nitrogens with one attached hydrogen (secondary N) is 1. The molecule has 2 aliphatic rings. The number of para-hydroxylation sites is 1. The molecule has 1 saturated heterocycles. The molecule has 5 rings (SSSR count). The Labute approximate surface area is 192 Å². The molecule has 0 unspecified atom stereocenters. The van der Waals surface area contributed by atoms with Crippen LogP contribution in [0.15, 0.2) is 66.7 Å². The number of imide groups is 1. The van der Waals surface area contributed by atoms with E-state index in [1.165, 1.54) is 23.8 Å². The molecule has 0 atom stereocenters. The van der Waals surface area contributed by atoms with E-state index in [0.29, 0.717) is 22.5 Å². The van der Waals surface area contributed by atoms with E-state index in [9.17, 15) is 14.4 Å². The summed E-state index contributed by atoms with van der Waals surface area (Å²) in [4.78, 5) is 42.5. The van der Waals surface area contributed by atoms with Gasteiger partial charge in [-0.15, -0.1) is 0 Å². The number of nitrogens with zero attached hydrogens (tertiary/aromatic N) is 2. The van der Waals surface area contributed by atoms with Crippen molar-refractivity contribution in [3.63, 3.8) is 0 Å². The Morgan fingerprint density at radius 3 is 2.42 bits per heavy atom. The summed E-state index contributed by atoms with van der Waals surface area (Å²) in [5, 5.41) is 2.93. The average Bonchev–Trinajstić information content (AvgIpc) is 3.41. The van der Waals surface area contributed by atoms with E-state index >= 15 is 0 Å². The molecule has 3 amide bonds. The highest BCUT2D eigenvalue weighted by molar-refractivity contribution is 6.35. The van der Waals surface area contributed by atoms with Gasteiger partial charge in [0.1, 0.15) is 0 Å². The molecule has 0 aliphatic carbocycles. The first-order valence-corrected chi connectivity index (χ1v) is 11.2. The maximum Gasteiger partial charge on any atom is 0.266 e. The van der Waals surface area contributed by atoms with Crippen molar-refractivity contribution in [3.8, 4) is 0 Å². The Morgan fingerprint density at radius 1 is 0.879 bits per heavy atom. The Morgan fingerprint density at radius 2 is 1.64 bits per heavy atom. The molecule has 0 aromatic heterocycles. The number of benzene rings is 3. The molecular weight excluding hydrogens is 414 g/mol. The van der Waals surface area contributed by atoms with Crippen LogP contribution in [0.25, 0.3) is 0 Å².